The average Bonchev–Trinajstić information content (AvgIpc) is 3.46. The van der Waals surface area contributed by atoms with E-state index in [9.17, 15) is 4.39 Å². The molecule has 0 saturated heterocycles. The van der Waals surface area contributed by atoms with Crippen LogP contribution in [-0.2, 0) is 0 Å². The molecule has 2 N–H and O–H groups in total. The Morgan fingerprint density at radius 3 is 2.67 bits per heavy atom. The summed E-state index contributed by atoms with van der Waals surface area (Å²) >= 11 is 0. The lowest BCUT2D eigenvalue weighted by molar-refractivity contribution is 0.628. The number of nitrogens with one attached hydrogen (secondary N) is 2. The molecular formula is C27H22FN5. The van der Waals surface area contributed by atoms with Gasteiger partial charge in [-0.3, -0.25) is 10.1 Å². The molecule has 3 heterocycles. The number of hydrogen-bond acceptors (Lipinski definition) is 3. The van der Waals surface area contributed by atoms with Crippen molar-refractivity contribution in [1.82, 2.24) is 25.1 Å². The van der Waals surface area contributed by atoms with Gasteiger partial charge in [-0.2, -0.15) is 5.10 Å². The molecule has 6 heteroatoms. The van der Waals surface area contributed by atoms with Crippen LogP contribution in [0, 0.1) is 5.82 Å². The third kappa shape index (κ3) is 3.76. The van der Waals surface area contributed by atoms with Crippen molar-refractivity contribution in [3.05, 3.63) is 96.6 Å². The number of halogens is 1. The van der Waals surface area contributed by atoms with Gasteiger partial charge in [-0.05, 0) is 49.2 Å². The molecular weight excluding hydrogens is 413 g/mol. The fraction of sp³-hybridized carbons (Fsp3) is 0.0741. The van der Waals surface area contributed by atoms with E-state index < -0.39 is 0 Å². The van der Waals surface area contributed by atoms with Gasteiger partial charge in [-0.1, -0.05) is 54.6 Å². The van der Waals surface area contributed by atoms with Gasteiger partial charge in [0, 0.05) is 10.9 Å². The molecule has 0 atom stereocenters. The Balaban J connectivity index is 1.63. The zero-order chi connectivity index (χ0) is 22.9. The fourth-order valence-electron chi connectivity index (χ4n) is 3.87. The van der Waals surface area contributed by atoms with Gasteiger partial charge in [0.15, 0.2) is 5.82 Å². The van der Waals surface area contributed by atoms with Crippen molar-refractivity contribution in [3.63, 3.8) is 0 Å². The van der Waals surface area contributed by atoms with Gasteiger partial charge in [0.1, 0.15) is 11.5 Å². The van der Waals surface area contributed by atoms with Crippen molar-refractivity contribution < 1.29 is 4.39 Å². The topological polar surface area (TPSA) is 70.2 Å². The Morgan fingerprint density at radius 2 is 1.91 bits per heavy atom. The molecule has 0 spiro atoms. The van der Waals surface area contributed by atoms with Crippen LogP contribution in [0.15, 0.2) is 85.1 Å². The zero-order valence-corrected chi connectivity index (χ0v) is 18.4. The Hall–Kier alpha value is -4.32. The molecule has 0 fully saturated rings. The summed E-state index contributed by atoms with van der Waals surface area (Å²) in [6.45, 7) is 7.82. The van der Waals surface area contributed by atoms with Crippen LogP contribution in [-0.4, -0.2) is 25.1 Å². The van der Waals surface area contributed by atoms with Crippen molar-refractivity contribution in [1.29, 1.82) is 0 Å². The molecule has 0 bridgehead atoms. The SMILES string of the molecule is C=C/C(C)=C\C(=C/C)c1cc2c(-c3nc4c(-c5ccc(F)cc5)cccc4[nH]3)n[nH]c2cn1. The Bertz CT molecular complexity index is 1550. The maximum atomic E-state index is 13.4. The van der Waals surface area contributed by atoms with Crippen LogP contribution in [0.2, 0.25) is 0 Å². The molecule has 0 saturated carbocycles. The number of pyridine rings is 1. The predicted octanol–water partition coefficient (Wildman–Crippen LogP) is 6.84. The maximum Gasteiger partial charge on any atom is 0.159 e. The molecule has 0 unspecified atom stereocenters. The molecule has 5 aromatic rings. The van der Waals surface area contributed by atoms with E-state index in [0.717, 1.165) is 55.6 Å². The minimum atomic E-state index is -0.264. The third-order valence-corrected chi connectivity index (χ3v) is 5.65. The van der Waals surface area contributed by atoms with Crippen LogP contribution in [0.4, 0.5) is 4.39 Å². The maximum absolute atomic E-state index is 13.4. The van der Waals surface area contributed by atoms with Gasteiger partial charge in [0.25, 0.3) is 0 Å². The summed E-state index contributed by atoms with van der Waals surface area (Å²) in [6.07, 6.45) is 7.68. The lowest BCUT2D eigenvalue weighted by Crippen LogP contribution is -1.88. The number of allylic oxidation sites excluding steroid dienone is 5. The van der Waals surface area contributed by atoms with E-state index in [1.54, 1.807) is 18.3 Å². The van der Waals surface area contributed by atoms with Crippen LogP contribution in [0.1, 0.15) is 19.5 Å². The number of benzene rings is 2. The summed E-state index contributed by atoms with van der Waals surface area (Å²) in [7, 11) is 0. The normalized spacial score (nSPS) is 12.6. The summed E-state index contributed by atoms with van der Waals surface area (Å²) in [5.74, 6) is 0.391. The first-order valence-electron chi connectivity index (χ1n) is 10.6. The number of H-pyrrole nitrogens is 2. The first-order chi connectivity index (χ1) is 16.1. The second-order valence-corrected chi connectivity index (χ2v) is 7.82. The largest absolute Gasteiger partial charge is 0.337 e. The van der Waals surface area contributed by atoms with E-state index in [2.05, 4.69) is 32.8 Å². The molecule has 3 aromatic heterocycles. The number of rotatable bonds is 5. The molecule has 0 aliphatic rings. The van der Waals surface area contributed by atoms with Gasteiger partial charge in [0.05, 0.1) is 28.4 Å². The number of aromatic nitrogens is 5. The van der Waals surface area contributed by atoms with E-state index in [-0.39, 0.29) is 5.82 Å². The van der Waals surface area contributed by atoms with Crippen molar-refractivity contribution in [2.24, 2.45) is 0 Å². The highest BCUT2D eigenvalue weighted by molar-refractivity contribution is 5.97. The number of fused-ring (bicyclic) bond motifs is 2. The second-order valence-electron chi connectivity index (χ2n) is 7.82. The first kappa shape index (κ1) is 20.6. The number of imidazole rings is 1. The van der Waals surface area contributed by atoms with Gasteiger partial charge in [-0.25, -0.2) is 9.37 Å². The fourth-order valence-corrected chi connectivity index (χ4v) is 3.87. The minimum absolute atomic E-state index is 0.264. The predicted molar refractivity (Wildman–Crippen MR) is 132 cm³/mol. The Labute approximate surface area is 190 Å². The van der Waals surface area contributed by atoms with Crippen LogP contribution < -0.4 is 0 Å². The van der Waals surface area contributed by atoms with E-state index in [0.29, 0.717) is 5.82 Å². The molecule has 2 aromatic carbocycles. The van der Waals surface area contributed by atoms with E-state index >= 15 is 0 Å². The highest BCUT2D eigenvalue weighted by Crippen LogP contribution is 2.32. The third-order valence-electron chi connectivity index (χ3n) is 5.65. The van der Waals surface area contributed by atoms with Crippen LogP contribution >= 0.6 is 0 Å². The van der Waals surface area contributed by atoms with E-state index in [4.69, 9.17) is 4.98 Å². The minimum Gasteiger partial charge on any atom is -0.337 e. The number of para-hydroxylation sites is 1. The van der Waals surface area contributed by atoms with Crippen LogP contribution in [0.3, 0.4) is 0 Å². The smallest absolute Gasteiger partial charge is 0.159 e. The standard InChI is InChI=1S/C27H22FN5/c1-4-16(3)13-17(5-2)23-14-21-24(15-29-23)32-33-26(21)27-30-22-8-6-7-20(25(22)31-27)18-9-11-19(28)12-10-18/h4-15H,1H2,2-3H3,(H,30,31)(H,32,33)/b16-13-,17-5+. The van der Waals surface area contributed by atoms with Crippen molar-refractivity contribution in [3.8, 4) is 22.6 Å². The molecule has 33 heavy (non-hydrogen) atoms. The number of hydrogen-bond donors (Lipinski definition) is 2. The number of nitrogens with zero attached hydrogens (tertiary/aromatic N) is 3. The molecule has 5 nitrogen and oxygen atoms in total. The lowest BCUT2D eigenvalue weighted by atomic mass is 10.0. The van der Waals surface area contributed by atoms with Crippen molar-refractivity contribution in [2.45, 2.75) is 13.8 Å². The Kier molecular flexibility index (Phi) is 5.18. The summed E-state index contributed by atoms with van der Waals surface area (Å²) in [5.41, 5.74) is 7.98. The zero-order valence-electron chi connectivity index (χ0n) is 18.4. The monoisotopic (exact) mass is 435 g/mol. The lowest BCUT2D eigenvalue weighted by Gasteiger charge is -2.03. The summed E-state index contributed by atoms with van der Waals surface area (Å²) in [5, 5.41) is 8.50. The van der Waals surface area contributed by atoms with Crippen molar-refractivity contribution >= 4 is 27.5 Å². The molecule has 162 valence electrons. The molecule has 0 radical (unpaired) electrons. The highest BCUT2D eigenvalue weighted by atomic mass is 19.1. The summed E-state index contributed by atoms with van der Waals surface area (Å²) < 4.78 is 13.4. The summed E-state index contributed by atoms with van der Waals surface area (Å²) in [6, 6.07) is 14.4. The molecule has 0 aliphatic heterocycles. The van der Waals surface area contributed by atoms with E-state index in [1.165, 1.54) is 12.1 Å². The number of aromatic amines is 2. The molecule has 5 rings (SSSR count). The van der Waals surface area contributed by atoms with Gasteiger partial charge < -0.3 is 4.98 Å². The summed E-state index contributed by atoms with van der Waals surface area (Å²) in [4.78, 5) is 12.9. The Morgan fingerprint density at radius 1 is 1.09 bits per heavy atom. The van der Waals surface area contributed by atoms with Gasteiger partial charge in [-0.15, -0.1) is 0 Å². The van der Waals surface area contributed by atoms with Crippen LogP contribution in [0.25, 0.3) is 50.2 Å². The van der Waals surface area contributed by atoms with E-state index in [1.807, 2.05) is 50.3 Å². The molecule has 0 amide bonds. The second kappa shape index (κ2) is 8.31. The highest BCUT2D eigenvalue weighted by Gasteiger charge is 2.16. The van der Waals surface area contributed by atoms with Gasteiger partial charge >= 0.3 is 0 Å². The quantitative estimate of drug-likeness (QED) is 0.297. The van der Waals surface area contributed by atoms with Gasteiger partial charge in [0.2, 0.25) is 0 Å². The first-order valence-corrected chi connectivity index (χ1v) is 10.6. The molecule has 0 aliphatic carbocycles. The van der Waals surface area contributed by atoms with Crippen molar-refractivity contribution in [2.75, 3.05) is 0 Å². The van der Waals surface area contributed by atoms with Crippen LogP contribution in [0.5, 0.6) is 0 Å². The average molecular weight is 436 g/mol.